The van der Waals surface area contributed by atoms with Gasteiger partial charge >= 0.3 is 0 Å². The summed E-state index contributed by atoms with van der Waals surface area (Å²) in [6, 6.07) is 5.09. The Kier molecular flexibility index (Phi) is 11.0. The smallest absolute Gasteiger partial charge is 0.193 e. The fourth-order valence-corrected chi connectivity index (χ4v) is 4.31. The number of aliphatic imine (C=N–C) groups is 1. The average Bonchev–Trinajstić information content (AvgIpc) is 2.68. The average molecular weight is 571 g/mol. The van der Waals surface area contributed by atoms with E-state index in [0.29, 0.717) is 19.5 Å². The van der Waals surface area contributed by atoms with Crippen molar-refractivity contribution in [3.63, 3.8) is 0 Å². The van der Waals surface area contributed by atoms with Crippen LogP contribution >= 0.6 is 24.0 Å². The predicted octanol–water partition coefficient (Wildman–Crippen LogP) is 2.61. The highest BCUT2D eigenvalue weighted by Gasteiger charge is 2.24. The summed E-state index contributed by atoms with van der Waals surface area (Å²) in [6.07, 6.45) is 1.87. The van der Waals surface area contributed by atoms with Crippen molar-refractivity contribution in [1.82, 2.24) is 15.1 Å². The number of halogens is 2. The summed E-state index contributed by atoms with van der Waals surface area (Å²) < 4.78 is 41.8. The Hall–Kier alpha value is -1.14. The number of nitrogens with zero attached hydrogens (tertiary/aromatic N) is 3. The molecule has 0 bridgehead atoms. The molecule has 0 spiro atoms. The van der Waals surface area contributed by atoms with Crippen LogP contribution in [0.15, 0.2) is 23.2 Å². The van der Waals surface area contributed by atoms with Gasteiger partial charge in [0, 0.05) is 52.6 Å². The maximum Gasteiger partial charge on any atom is 0.193 e. The van der Waals surface area contributed by atoms with E-state index in [2.05, 4.69) is 34.0 Å². The van der Waals surface area contributed by atoms with Crippen LogP contribution in [0.2, 0.25) is 0 Å². The van der Waals surface area contributed by atoms with Crippen molar-refractivity contribution < 1.29 is 17.5 Å². The van der Waals surface area contributed by atoms with E-state index in [0.717, 1.165) is 37.7 Å². The van der Waals surface area contributed by atoms with E-state index in [1.54, 1.807) is 13.1 Å². The van der Waals surface area contributed by atoms with E-state index >= 15 is 0 Å². The number of piperazine rings is 1. The van der Waals surface area contributed by atoms with Crippen molar-refractivity contribution in [1.29, 1.82) is 0 Å². The quantitative estimate of drug-likeness (QED) is 0.295. The lowest BCUT2D eigenvalue weighted by atomic mass is 9.90. The van der Waals surface area contributed by atoms with Crippen LogP contribution in [0.4, 0.5) is 4.39 Å². The first kappa shape index (κ1) is 27.9. The zero-order chi connectivity index (χ0) is 22.4. The highest BCUT2D eigenvalue weighted by molar-refractivity contribution is 14.0. The van der Waals surface area contributed by atoms with E-state index < -0.39 is 9.84 Å². The lowest BCUT2D eigenvalue weighted by Gasteiger charge is -2.37. The lowest BCUT2D eigenvalue weighted by molar-refractivity contribution is 0.171. The van der Waals surface area contributed by atoms with E-state index in [4.69, 9.17) is 4.74 Å². The number of benzene rings is 1. The van der Waals surface area contributed by atoms with Crippen LogP contribution in [0.3, 0.4) is 0 Å². The lowest BCUT2D eigenvalue weighted by Crippen LogP contribution is -2.53. The first-order valence-electron chi connectivity index (χ1n) is 10.2. The minimum absolute atomic E-state index is 0. The molecule has 0 saturated carbocycles. The molecule has 1 aliphatic heterocycles. The van der Waals surface area contributed by atoms with Gasteiger partial charge in [0.25, 0.3) is 0 Å². The number of ether oxygens (including phenoxy) is 1. The van der Waals surface area contributed by atoms with Crippen LogP contribution < -0.4 is 10.1 Å². The standard InChI is InChI=1S/C21H35FN4O3S.HI/c1-21(2,8-13-30(5,27)28)16-24-20(23-3)26-11-9-25(10-12-26)15-17-6-7-19(29-4)18(22)14-17;/h6-7,14H,8-13,15-16H2,1-5H3,(H,23,24);1H. The van der Waals surface area contributed by atoms with Gasteiger partial charge < -0.3 is 15.0 Å². The predicted molar refractivity (Wildman–Crippen MR) is 135 cm³/mol. The van der Waals surface area contributed by atoms with Crippen molar-refractivity contribution in [2.24, 2.45) is 10.4 Å². The van der Waals surface area contributed by atoms with Crippen molar-refractivity contribution in [2.45, 2.75) is 26.8 Å². The Morgan fingerprint density at radius 3 is 2.42 bits per heavy atom. The number of hydrogen-bond acceptors (Lipinski definition) is 5. The molecule has 1 fully saturated rings. The van der Waals surface area contributed by atoms with Gasteiger partial charge in [-0.3, -0.25) is 9.89 Å². The summed E-state index contributed by atoms with van der Waals surface area (Å²) in [5.74, 6) is 0.942. The molecule has 1 heterocycles. The van der Waals surface area contributed by atoms with Gasteiger partial charge in [0.1, 0.15) is 9.84 Å². The van der Waals surface area contributed by atoms with Gasteiger partial charge in [-0.25, -0.2) is 12.8 Å². The summed E-state index contributed by atoms with van der Waals surface area (Å²) in [5.41, 5.74) is 0.774. The SMILES string of the molecule is CN=C(NCC(C)(C)CCS(C)(=O)=O)N1CCN(Cc2ccc(OC)c(F)c2)CC1.I. The van der Waals surface area contributed by atoms with Gasteiger partial charge in [-0.1, -0.05) is 19.9 Å². The van der Waals surface area contributed by atoms with E-state index in [1.165, 1.54) is 19.4 Å². The van der Waals surface area contributed by atoms with Gasteiger partial charge in [-0.15, -0.1) is 24.0 Å². The molecule has 0 atom stereocenters. The summed E-state index contributed by atoms with van der Waals surface area (Å²) in [7, 11) is 0.261. The Labute approximate surface area is 203 Å². The largest absolute Gasteiger partial charge is 0.494 e. The third kappa shape index (κ3) is 9.48. The molecular formula is C21H36FIN4O3S. The molecule has 0 unspecified atom stereocenters. The number of guanidine groups is 1. The summed E-state index contributed by atoms with van der Waals surface area (Å²) >= 11 is 0. The van der Waals surface area contributed by atoms with E-state index in [9.17, 15) is 12.8 Å². The monoisotopic (exact) mass is 570 g/mol. The van der Waals surface area contributed by atoms with Gasteiger partial charge in [0.15, 0.2) is 17.5 Å². The molecule has 7 nitrogen and oxygen atoms in total. The number of methoxy groups -OCH3 is 1. The molecule has 0 radical (unpaired) electrons. The molecule has 0 aliphatic carbocycles. The molecule has 1 N–H and O–H groups in total. The molecule has 0 aromatic heterocycles. The van der Waals surface area contributed by atoms with E-state index in [-0.39, 0.29) is 46.7 Å². The number of hydrogen-bond donors (Lipinski definition) is 1. The first-order valence-corrected chi connectivity index (χ1v) is 12.3. The Bertz CT molecular complexity index is 841. The zero-order valence-electron chi connectivity index (χ0n) is 19.1. The second kappa shape index (κ2) is 12.2. The highest BCUT2D eigenvalue weighted by Crippen LogP contribution is 2.21. The minimum atomic E-state index is -2.97. The summed E-state index contributed by atoms with van der Waals surface area (Å²) in [4.78, 5) is 8.89. The Morgan fingerprint density at radius 1 is 1.26 bits per heavy atom. The van der Waals surface area contributed by atoms with E-state index in [1.807, 2.05) is 6.07 Å². The number of nitrogens with one attached hydrogen (secondary N) is 1. The Balaban J connectivity index is 0.00000480. The van der Waals surface area contributed by atoms with Gasteiger partial charge in [-0.2, -0.15) is 0 Å². The molecule has 1 aromatic rings. The molecule has 2 rings (SSSR count). The molecule has 0 amide bonds. The van der Waals surface area contributed by atoms with Crippen molar-refractivity contribution in [2.75, 3.05) is 58.9 Å². The third-order valence-electron chi connectivity index (χ3n) is 5.38. The van der Waals surface area contributed by atoms with Crippen LogP contribution in [0.25, 0.3) is 0 Å². The fraction of sp³-hybridized carbons (Fsp3) is 0.667. The molecule has 31 heavy (non-hydrogen) atoms. The first-order chi connectivity index (χ1) is 14.0. The molecule has 1 aromatic carbocycles. The summed E-state index contributed by atoms with van der Waals surface area (Å²) in [5, 5.41) is 3.40. The van der Waals surface area contributed by atoms with Crippen LogP contribution in [-0.4, -0.2) is 83.1 Å². The maximum absolute atomic E-state index is 13.9. The highest BCUT2D eigenvalue weighted by atomic mass is 127. The fourth-order valence-electron chi connectivity index (χ4n) is 3.38. The van der Waals surface area contributed by atoms with Gasteiger partial charge in [-0.05, 0) is 29.5 Å². The second-order valence-corrected chi connectivity index (χ2v) is 10.9. The van der Waals surface area contributed by atoms with Crippen LogP contribution in [-0.2, 0) is 16.4 Å². The molecule has 10 heteroatoms. The van der Waals surface area contributed by atoms with Crippen molar-refractivity contribution in [3.05, 3.63) is 29.6 Å². The van der Waals surface area contributed by atoms with Gasteiger partial charge in [0.2, 0.25) is 0 Å². The van der Waals surface area contributed by atoms with Crippen molar-refractivity contribution in [3.8, 4) is 5.75 Å². The topological polar surface area (TPSA) is 74.2 Å². The molecular weight excluding hydrogens is 534 g/mol. The molecule has 1 saturated heterocycles. The third-order valence-corrected chi connectivity index (χ3v) is 6.33. The molecule has 1 aliphatic rings. The van der Waals surface area contributed by atoms with Crippen LogP contribution in [0, 0.1) is 11.2 Å². The number of sulfone groups is 1. The maximum atomic E-state index is 13.9. The van der Waals surface area contributed by atoms with Gasteiger partial charge in [0.05, 0.1) is 12.9 Å². The summed E-state index contributed by atoms with van der Waals surface area (Å²) in [6.45, 7) is 8.82. The van der Waals surface area contributed by atoms with Crippen molar-refractivity contribution >= 4 is 39.8 Å². The van der Waals surface area contributed by atoms with Crippen LogP contribution in [0.1, 0.15) is 25.8 Å². The van der Waals surface area contributed by atoms with Crippen LogP contribution in [0.5, 0.6) is 5.75 Å². The number of rotatable bonds is 8. The normalized spacial score (nSPS) is 16.1. The zero-order valence-corrected chi connectivity index (χ0v) is 22.3. The Morgan fingerprint density at radius 2 is 1.90 bits per heavy atom. The molecule has 178 valence electrons. The minimum Gasteiger partial charge on any atom is -0.494 e. The second-order valence-electron chi connectivity index (χ2n) is 8.68.